The van der Waals surface area contributed by atoms with E-state index in [0.29, 0.717) is 36.6 Å². The standard InChI is InChI=1S/C21H25N3O4.ClH/c1-27-16-11-15(12-17(13-16)28-2)24-9-8-19(21(24)26)23-20(25)18(22)10-14-6-4-3-5-7-14;/h3-7,11-13,18-19H,8-10,22H2,1-2H3,(H,23,25);1H/t18-,19?;/m0./s1. The number of methoxy groups -OCH3 is 2. The first kappa shape index (κ1) is 22.5. The van der Waals surface area contributed by atoms with E-state index in [0.717, 1.165) is 5.56 Å². The van der Waals surface area contributed by atoms with Crippen molar-refractivity contribution in [1.82, 2.24) is 5.32 Å². The number of nitrogens with zero attached hydrogens (tertiary/aromatic N) is 1. The molecule has 0 spiro atoms. The second-order valence-corrected chi connectivity index (χ2v) is 6.71. The lowest BCUT2D eigenvalue weighted by atomic mass is 10.1. The first-order chi connectivity index (χ1) is 13.5. The van der Waals surface area contributed by atoms with Gasteiger partial charge in [0.1, 0.15) is 17.5 Å². The fraction of sp³-hybridized carbons (Fsp3) is 0.333. The molecule has 1 aliphatic heterocycles. The molecule has 2 atom stereocenters. The van der Waals surface area contributed by atoms with Crippen molar-refractivity contribution in [3.8, 4) is 11.5 Å². The Labute approximate surface area is 176 Å². The van der Waals surface area contributed by atoms with Gasteiger partial charge in [0.15, 0.2) is 0 Å². The normalized spacial score (nSPS) is 16.7. The highest BCUT2D eigenvalue weighted by atomic mass is 35.5. The Morgan fingerprint density at radius 1 is 1.17 bits per heavy atom. The van der Waals surface area contributed by atoms with E-state index in [4.69, 9.17) is 15.2 Å². The van der Waals surface area contributed by atoms with Crippen molar-refractivity contribution >= 4 is 29.9 Å². The lowest BCUT2D eigenvalue weighted by Gasteiger charge is -2.20. The topological polar surface area (TPSA) is 93.9 Å². The van der Waals surface area contributed by atoms with Crippen LogP contribution in [0.1, 0.15) is 12.0 Å². The number of nitrogens with two attached hydrogens (primary N) is 1. The van der Waals surface area contributed by atoms with Crippen LogP contribution in [0, 0.1) is 0 Å². The first-order valence-electron chi connectivity index (χ1n) is 9.16. The van der Waals surface area contributed by atoms with Crippen LogP contribution in [-0.4, -0.2) is 44.7 Å². The molecule has 0 saturated carbocycles. The zero-order valence-corrected chi connectivity index (χ0v) is 17.3. The van der Waals surface area contributed by atoms with Gasteiger partial charge in [-0.25, -0.2) is 0 Å². The van der Waals surface area contributed by atoms with E-state index in [-0.39, 0.29) is 24.2 Å². The predicted molar refractivity (Wildman–Crippen MR) is 114 cm³/mol. The zero-order chi connectivity index (χ0) is 20.1. The van der Waals surface area contributed by atoms with Gasteiger partial charge in [-0.15, -0.1) is 12.4 Å². The van der Waals surface area contributed by atoms with E-state index in [1.54, 1.807) is 37.3 Å². The number of hydrogen-bond acceptors (Lipinski definition) is 5. The number of ether oxygens (including phenoxy) is 2. The molecular formula is C21H26ClN3O4. The number of nitrogens with one attached hydrogen (secondary N) is 1. The van der Waals surface area contributed by atoms with Crippen LogP contribution < -0.4 is 25.4 Å². The van der Waals surface area contributed by atoms with Crippen LogP contribution in [0.4, 0.5) is 5.69 Å². The molecule has 0 radical (unpaired) electrons. The number of amides is 2. The monoisotopic (exact) mass is 419 g/mol. The van der Waals surface area contributed by atoms with Gasteiger partial charge in [-0.2, -0.15) is 0 Å². The SMILES string of the molecule is COc1cc(OC)cc(N2CCC(NC(=O)[C@@H](N)Cc3ccccc3)C2=O)c1.Cl. The zero-order valence-electron chi connectivity index (χ0n) is 16.5. The Hall–Kier alpha value is -2.77. The van der Waals surface area contributed by atoms with Crippen LogP contribution in [0.15, 0.2) is 48.5 Å². The van der Waals surface area contributed by atoms with Gasteiger partial charge in [0.25, 0.3) is 0 Å². The highest BCUT2D eigenvalue weighted by Crippen LogP contribution is 2.31. The number of rotatable bonds is 7. The number of halogens is 1. The van der Waals surface area contributed by atoms with Crippen molar-refractivity contribution in [2.75, 3.05) is 25.7 Å². The minimum Gasteiger partial charge on any atom is -0.497 e. The Balaban J connectivity index is 0.00000300. The number of hydrogen-bond donors (Lipinski definition) is 2. The number of benzene rings is 2. The summed E-state index contributed by atoms with van der Waals surface area (Å²) in [6.45, 7) is 0.494. The first-order valence-corrected chi connectivity index (χ1v) is 9.16. The number of carbonyl (C=O) groups is 2. The maximum Gasteiger partial charge on any atom is 0.249 e. The Morgan fingerprint density at radius 2 is 1.79 bits per heavy atom. The molecule has 0 aliphatic carbocycles. The molecule has 1 fully saturated rings. The maximum atomic E-state index is 12.8. The van der Waals surface area contributed by atoms with E-state index in [1.165, 1.54) is 0 Å². The highest BCUT2D eigenvalue weighted by molar-refractivity contribution is 6.02. The van der Waals surface area contributed by atoms with Crippen molar-refractivity contribution in [3.63, 3.8) is 0 Å². The molecule has 8 heteroatoms. The van der Waals surface area contributed by atoms with Crippen LogP contribution in [0.25, 0.3) is 0 Å². The molecule has 156 valence electrons. The molecule has 0 aromatic heterocycles. The smallest absolute Gasteiger partial charge is 0.249 e. The van der Waals surface area contributed by atoms with Gasteiger partial charge in [-0.1, -0.05) is 30.3 Å². The lowest BCUT2D eigenvalue weighted by molar-refractivity contribution is -0.127. The summed E-state index contributed by atoms with van der Waals surface area (Å²) in [5.74, 6) is 0.696. The largest absolute Gasteiger partial charge is 0.497 e. The summed E-state index contributed by atoms with van der Waals surface area (Å²) in [4.78, 5) is 26.9. The van der Waals surface area contributed by atoms with E-state index in [9.17, 15) is 9.59 Å². The Bertz CT molecular complexity index is 825. The van der Waals surface area contributed by atoms with Crippen molar-refractivity contribution in [3.05, 3.63) is 54.1 Å². The fourth-order valence-electron chi connectivity index (χ4n) is 3.26. The van der Waals surface area contributed by atoms with Gasteiger partial charge in [0, 0.05) is 24.7 Å². The molecule has 2 aromatic carbocycles. The van der Waals surface area contributed by atoms with E-state index in [1.807, 2.05) is 30.3 Å². The van der Waals surface area contributed by atoms with Crippen LogP contribution >= 0.6 is 12.4 Å². The van der Waals surface area contributed by atoms with Crippen LogP contribution in [0.5, 0.6) is 11.5 Å². The summed E-state index contributed by atoms with van der Waals surface area (Å²) in [7, 11) is 3.11. The van der Waals surface area contributed by atoms with Crippen molar-refractivity contribution in [1.29, 1.82) is 0 Å². The molecule has 1 aliphatic rings. The average molecular weight is 420 g/mol. The molecule has 3 rings (SSSR count). The third kappa shape index (κ3) is 5.40. The second-order valence-electron chi connectivity index (χ2n) is 6.71. The summed E-state index contributed by atoms with van der Waals surface area (Å²) in [5.41, 5.74) is 7.68. The van der Waals surface area contributed by atoms with Gasteiger partial charge in [-0.05, 0) is 18.4 Å². The maximum absolute atomic E-state index is 12.8. The molecule has 29 heavy (non-hydrogen) atoms. The number of anilines is 1. The lowest BCUT2D eigenvalue weighted by Crippen LogP contribution is -2.49. The summed E-state index contributed by atoms with van der Waals surface area (Å²) in [5, 5.41) is 2.79. The molecule has 3 N–H and O–H groups in total. The molecule has 7 nitrogen and oxygen atoms in total. The van der Waals surface area contributed by atoms with Gasteiger partial charge in [0.05, 0.1) is 25.9 Å². The Morgan fingerprint density at radius 3 is 2.38 bits per heavy atom. The van der Waals surface area contributed by atoms with Gasteiger partial charge in [-0.3, -0.25) is 9.59 Å². The number of carbonyl (C=O) groups excluding carboxylic acids is 2. The van der Waals surface area contributed by atoms with Crippen LogP contribution in [-0.2, 0) is 16.0 Å². The molecule has 0 bridgehead atoms. The van der Waals surface area contributed by atoms with Crippen molar-refractivity contribution in [2.24, 2.45) is 5.73 Å². The quantitative estimate of drug-likeness (QED) is 0.715. The summed E-state index contributed by atoms with van der Waals surface area (Å²) in [6.07, 6.45) is 0.937. The van der Waals surface area contributed by atoms with E-state index in [2.05, 4.69) is 5.32 Å². The van der Waals surface area contributed by atoms with E-state index >= 15 is 0 Å². The second kappa shape index (κ2) is 10.1. The summed E-state index contributed by atoms with van der Waals surface area (Å²) < 4.78 is 10.5. The van der Waals surface area contributed by atoms with E-state index < -0.39 is 12.1 Å². The highest BCUT2D eigenvalue weighted by Gasteiger charge is 2.34. The Kier molecular flexibility index (Phi) is 7.87. The summed E-state index contributed by atoms with van der Waals surface area (Å²) >= 11 is 0. The molecule has 2 aromatic rings. The summed E-state index contributed by atoms with van der Waals surface area (Å²) in [6, 6.07) is 13.5. The van der Waals surface area contributed by atoms with Gasteiger partial charge >= 0.3 is 0 Å². The molecule has 1 heterocycles. The molecular weight excluding hydrogens is 394 g/mol. The predicted octanol–water partition coefficient (Wildman–Crippen LogP) is 1.92. The fourth-order valence-corrected chi connectivity index (χ4v) is 3.26. The average Bonchev–Trinajstić information content (AvgIpc) is 3.08. The minimum atomic E-state index is -0.707. The van der Waals surface area contributed by atoms with Crippen LogP contribution in [0.2, 0.25) is 0 Å². The molecule has 2 amide bonds. The third-order valence-corrected chi connectivity index (χ3v) is 4.81. The van der Waals surface area contributed by atoms with Crippen molar-refractivity contribution in [2.45, 2.75) is 24.9 Å². The molecule has 1 saturated heterocycles. The van der Waals surface area contributed by atoms with Gasteiger partial charge < -0.3 is 25.4 Å². The van der Waals surface area contributed by atoms with Crippen molar-refractivity contribution < 1.29 is 19.1 Å². The van der Waals surface area contributed by atoms with Crippen LogP contribution in [0.3, 0.4) is 0 Å². The molecule has 1 unspecified atom stereocenters. The third-order valence-electron chi connectivity index (χ3n) is 4.81. The van der Waals surface area contributed by atoms with Gasteiger partial charge in [0.2, 0.25) is 11.8 Å². The minimum absolute atomic E-state index is 0.